The van der Waals surface area contributed by atoms with Crippen molar-refractivity contribution in [2.24, 2.45) is 0 Å². The van der Waals surface area contributed by atoms with Crippen LogP contribution in [0.5, 0.6) is 23.0 Å². The number of hydrogen-bond acceptors (Lipinski definition) is 7. The fourth-order valence-corrected chi connectivity index (χ4v) is 2.46. The van der Waals surface area contributed by atoms with Gasteiger partial charge in [-0.25, -0.2) is 0 Å². The Labute approximate surface area is 168 Å². The maximum Gasteiger partial charge on any atom is 0.269 e. The van der Waals surface area contributed by atoms with Crippen LogP contribution < -0.4 is 9.47 Å². The average molecular weight is 415 g/mol. The maximum atomic E-state index is 11.6. The van der Waals surface area contributed by atoms with E-state index in [1.54, 1.807) is 0 Å². The molecule has 0 aliphatic carbocycles. The molecule has 0 spiro atoms. The molecule has 29 heavy (non-hydrogen) atoms. The van der Waals surface area contributed by atoms with Crippen LogP contribution in [0.15, 0.2) is 66.7 Å². The highest BCUT2D eigenvalue weighted by atomic mass is 35.5. The first-order valence-corrected chi connectivity index (χ1v) is 8.39. The summed E-state index contributed by atoms with van der Waals surface area (Å²) in [6.07, 6.45) is 0. The molecule has 0 N–H and O–H groups in total. The predicted molar refractivity (Wildman–Crippen MR) is 103 cm³/mol. The lowest BCUT2D eigenvalue weighted by molar-refractivity contribution is -0.385. The fourth-order valence-electron chi connectivity index (χ4n) is 2.35. The second kappa shape index (κ2) is 8.36. The molecule has 0 saturated carbocycles. The van der Waals surface area contributed by atoms with E-state index in [-0.39, 0.29) is 28.4 Å². The number of hydrogen-bond donors (Lipinski definition) is 0. The van der Waals surface area contributed by atoms with Crippen molar-refractivity contribution in [1.82, 2.24) is 0 Å². The number of nitro benzene ring substituents is 2. The van der Waals surface area contributed by atoms with Crippen LogP contribution in [0.2, 0.25) is 0 Å². The first-order valence-electron chi connectivity index (χ1n) is 8.01. The third-order valence-electron chi connectivity index (χ3n) is 3.67. The van der Waals surface area contributed by atoms with Crippen LogP contribution in [0.4, 0.5) is 11.4 Å². The first-order chi connectivity index (χ1) is 13.8. The molecular formula is C19H11ClN2O7. The van der Waals surface area contributed by atoms with Crippen molar-refractivity contribution in [3.05, 3.63) is 92.5 Å². The molecule has 0 radical (unpaired) electrons. The Hall–Kier alpha value is -3.98. The van der Waals surface area contributed by atoms with E-state index in [9.17, 15) is 25.0 Å². The molecule has 0 aromatic heterocycles. The molecule has 0 bridgehead atoms. The topological polar surface area (TPSA) is 122 Å². The molecule has 3 aromatic carbocycles. The van der Waals surface area contributed by atoms with Crippen molar-refractivity contribution >= 4 is 28.2 Å². The summed E-state index contributed by atoms with van der Waals surface area (Å²) in [4.78, 5) is 32.0. The van der Waals surface area contributed by atoms with Crippen LogP contribution in [0, 0.1) is 20.2 Å². The van der Waals surface area contributed by atoms with Gasteiger partial charge >= 0.3 is 0 Å². The first kappa shape index (κ1) is 19.8. The second-order valence-electron chi connectivity index (χ2n) is 5.67. The van der Waals surface area contributed by atoms with Crippen molar-refractivity contribution in [2.75, 3.05) is 0 Å². The minimum Gasteiger partial charge on any atom is -0.457 e. The Kier molecular flexibility index (Phi) is 5.70. The van der Waals surface area contributed by atoms with Gasteiger partial charge in [-0.2, -0.15) is 0 Å². The van der Waals surface area contributed by atoms with E-state index < -0.39 is 15.1 Å². The molecule has 10 heteroatoms. The van der Waals surface area contributed by atoms with Gasteiger partial charge in [0, 0.05) is 35.9 Å². The number of carbonyl (C=O) groups is 1. The van der Waals surface area contributed by atoms with Gasteiger partial charge in [0.05, 0.1) is 9.85 Å². The Morgan fingerprint density at radius 3 is 1.38 bits per heavy atom. The zero-order chi connectivity index (χ0) is 21.0. The zero-order valence-corrected chi connectivity index (χ0v) is 15.2. The van der Waals surface area contributed by atoms with Crippen molar-refractivity contribution < 1.29 is 24.1 Å². The SMILES string of the molecule is O=C(Cl)c1cc(Oc2ccc([N+](=O)[O-])cc2)cc(Oc2ccc([N+](=O)[O-])cc2)c1. The van der Waals surface area contributed by atoms with Crippen LogP contribution >= 0.6 is 11.6 Å². The summed E-state index contributed by atoms with van der Waals surface area (Å²) in [7, 11) is 0. The largest absolute Gasteiger partial charge is 0.457 e. The average Bonchev–Trinajstić information content (AvgIpc) is 2.68. The van der Waals surface area contributed by atoms with Gasteiger partial charge in [-0.1, -0.05) is 0 Å². The molecule has 9 nitrogen and oxygen atoms in total. The number of nitrogens with zero attached hydrogens (tertiary/aromatic N) is 2. The number of ether oxygens (including phenoxy) is 2. The number of carbonyl (C=O) groups excluding carboxylic acids is 1. The predicted octanol–water partition coefficient (Wildman–Crippen LogP) is 5.47. The van der Waals surface area contributed by atoms with Crippen molar-refractivity contribution in [3.8, 4) is 23.0 Å². The van der Waals surface area contributed by atoms with Crippen molar-refractivity contribution in [3.63, 3.8) is 0 Å². The number of non-ortho nitro benzene ring substituents is 2. The molecule has 3 rings (SSSR count). The minimum atomic E-state index is -0.743. The summed E-state index contributed by atoms with van der Waals surface area (Å²) in [6, 6.07) is 15.0. The van der Waals surface area contributed by atoms with Crippen LogP contribution in [0.25, 0.3) is 0 Å². The highest BCUT2D eigenvalue weighted by Crippen LogP contribution is 2.32. The lowest BCUT2D eigenvalue weighted by atomic mass is 10.2. The smallest absolute Gasteiger partial charge is 0.269 e. The van der Waals surface area contributed by atoms with Gasteiger partial charge in [-0.3, -0.25) is 25.0 Å². The second-order valence-corrected chi connectivity index (χ2v) is 6.02. The molecule has 3 aromatic rings. The molecule has 0 aliphatic heterocycles. The van der Waals surface area contributed by atoms with Crippen LogP contribution in [-0.4, -0.2) is 15.1 Å². The van der Waals surface area contributed by atoms with Crippen LogP contribution in [-0.2, 0) is 0 Å². The van der Waals surface area contributed by atoms with Gasteiger partial charge < -0.3 is 9.47 Å². The Morgan fingerprint density at radius 2 is 1.07 bits per heavy atom. The van der Waals surface area contributed by atoms with E-state index in [1.165, 1.54) is 66.7 Å². The molecule has 0 unspecified atom stereocenters. The monoisotopic (exact) mass is 414 g/mol. The van der Waals surface area contributed by atoms with E-state index >= 15 is 0 Å². The summed E-state index contributed by atoms with van der Waals surface area (Å²) in [5.41, 5.74) is -0.0866. The number of nitro groups is 2. The van der Waals surface area contributed by atoms with Gasteiger partial charge in [-0.15, -0.1) is 0 Å². The number of benzene rings is 3. The van der Waals surface area contributed by atoms with Gasteiger partial charge in [0.2, 0.25) is 0 Å². The Morgan fingerprint density at radius 1 is 0.690 bits per heavy atom. The molecule has 146 valence electrons. The number of rotatable bonds is 7. The summed E-state index contributed by atoms with van der Waals surface area (Å²) in [5.74, 6) is 1.02. The third-order valence-corrected chi connectivity index (χ3v) is 3.89. The number of halogens is 1. The summed E-state index contributed by atoms with van der Waals surface area (Å²) in [6.45, 7) is 0. The maximum absolute atomic E-state index is 11.6. The van der Waals surface area contributed by atoms with Crippen molar-refractivity contribution in [2.45, 2.75) is 0 Å². The fraction of sp³-hybridized carbons (Fsp3) is 0. The van der Waals surface area contributed by atoms with Gasteiger partial charge in [0.1, 0.15) is 23.0 Å². The highest BCUT2D eigenvalue weighted by Gasteiger charge is 2.12. The lowest BCUT2D eigenvalue weighted by Gasteiger charge is -2.11. The molecule has 0 heterocycles. The zero-order valence-electron chi connectivity index (χ0n) is 14.5. The van der Waals surface area contributed by atoms with Gasteiger partial charge in [0.25, 0.3) is 16.6 Å². The van der Waals surface area contributed by atoms with Crippen molar-refractivity contribution in [1.29, 1.82) is 0 Å². The highest BCUT2D eigenvalue weighted by molar-refractivity contribution is 6.67. The van der Waals surface area contributed by atoms with E-state index in [4.69, 9.17) is 21.1 Å². The molecular weight excluding hydrogens is 404 g/mol. The van der Waals surface area contributed by atoms with E-state index in [0.717, 1.165) is 0 Å². The van der Waals surface area contributed by atoms with E-state index in [1.807, 2.05) is 0 Å². The Bertz CT molecular complexity index is 1000. The van der Waals surface area contributed by atoms with Gasteiger partial charge in [-0.05, 0) is 48.0 Å². The van der Waals surface area contributed by atoms with Crippen LogP contribution in [0.3, 0.4) is 0 Å². The molecule has 0 atom stereocenters. The molecule has 0 aliphatic rings. The standard InChI is InChI=1S/C19H11ClN2O7/c20-19(23)12-9-17(28-15-5-1-13(2-6-15)21(24)25)11-18(10-12)29-16-7-3-14(4-8-16)22(26)27/h1-11H. The molecule has 0 saturated heterocycles. The third kappa shape index (κ3) is 5.05. The minimum absolute atomic E-state index is 0.0933. The summed E-state index contributed by atoms with van der Waals surface area (Å²) < 4.78 is 11.3. The Balaban J connectivity index is 1.86. The summed E-state index contributed by atoms with van der Waals surface area (Å²) in [5, 5.41) is 20.7. The van der Waals surface area contributed by atoms with E-state index in [0.29, 0.717) is 11.5 Å². The quantitative estimate of drug-likeness (QED) is 0.285. The van der Waals surface area contributed by atoms with E-state index in [2.05, 4.69) is 0 Å². The molecule has 0 amide bonds. The normalized spacial score (nSPS) is 10.2. The van der Waals surface area contributed by atoms with Crippen LogP contribution in [0.1, 0.15) is 10.4 Å². The molecule has 0 fully saturated rings. The summed E-state index contributed by atoms with van der Waals surface area (Å²) >= 11 is 5.56. The lowest BCUT2D eigenvalue weighted by Crippen LogP contribution is -1.94. The van der Waals surface area contributed by atoms with Gasteiger partial charge in [0.15, 0.2) is 0 Å².